The smallest absolute Gasteiger partial charge is 0.161 e. The molecule has 0 bridgehead atoms. The highest BCUT2D eigenvalue weighted by Gasteiger charge is 2.22. The molecule has 0 radical (unpaired) electrons. The first-order valence-corrected chi connectivity index (χ1v) is 7.31. The summed E-state index contributed by atoms with van der Waals surface area (Å²) in [5.41, 5.74) is 3.79. The van der Waals surface area contributed by atoms with Crippen LogP contribution in [0.1, 0.15) is 22.6 Å². The summed E-state index contributed by atoms with van der Waals surface area (Å²) < 4.78 is 10.7. The lowest BCUT2D eigenvalue weighted by Crippen LogP contribution is -2.28. The van der Waals surface area contributed by atoms with Crippen molar-refractivity contribution < 1.29 is 9.47 Å². The molecular formula is C17H18ClNO2. The molecule has 110 valence electrons. The average molecular weight is 304 g/mol. The third-order valence-electron chi connectivity index (χ3n) is 3.95. The molecule has 0 aromatic heterocycles. The van der Waals surface area contributed by atoms with Gasteiger partial charge in [0.15, 0.2) is 11.5 Å². The van der Waals surface area contributed by atoms with Gasteiger partial charge in [0.25, 0.3) is 0 Å². The number of fused-ring (bicyclic) bond motifs is 1. The number of rotatable bonds is 3. The van der Waals surface area contributed by atoms with Gasteiger partial charge < -0.3 is 14.8 Å². The lowest BCUT2D eigenvalue weighted by molar-refractivity contribution is 0.354. The molecule has 1 heterocycles. The number of methoxy groups -OCH3 is 2. The van der Waals surface area contributed by atoms with Crippen LogP contribution in [-0.4, -0.2) is 20.8 Å². The Labute approximate surface area is 129 Å². The third-order valence-corrected chi connectivity index (χ3v) is 4.19. The van der Waals surface area contributed by atoms with E-state index in [0.29, 0.717) is 5.92 Å². The molecule has 1 unspecified atom stereocenters. The van der Waals surface area contributed by atoms with Crippen LogP contribution in [0.25, 0.3) is 0 Å². The van der Waals surface area contributed by atoms with Gasteiger partial charge in [0.2, 0.25) is 0 Å². The van der Waals surface area contributed by atoms with Gasteiger partial charge in [-0.25, -0.2) is 0 Å². The van der Waals surface area contributed by atoms with E-state index >= 15 is 0 Å². The fourth-order valence-corrected chi connectivity index (χ4v) is 3.09. The van der Waals surface area contributed by atoms with Crippen molar-refractivity contribution in [2.24, 2.45) is 0 Å². The van der Waals surface area contributed by atoms with Crippen LogP contribution in [0.2, 0.25) is 5.02 Å². The summed E-state index contributed by atoms with van der Waals surface area (Å²) in [7, 11) is 3.31. The van der Waals surface area contributed by atoms with Gasteiger partial charge in [-0.1, -0.05) is 23.7 Å². The van der Waals surface area contributed by atoms with Crippen molar-refractivity contribution in [1.29, 1.82) is 0 Å². The van der Waals surface area contributed by atoms with E-state index in [4.69, 9.17) is 21.1 Å². The maximum Gasteiger partial charge on any atom is 0.161 e. The Kier molecular flexibility index (Phi) is 4.04. The molecule has 3 nitrogen and oxygen atoms in total. The highest BCUT2D eigenvalue weighted by Crippen LogP contribution is 2.36. The minimum atomic E-state index is 0.297. The van der Waals surface area contributed by atoms with Gasteiger partial charge >= 0.3 is 0 Å². The van der Waals surface area contributed by atoms with Crippen LogP contribution in [0.15, 0.2) is 36.4 Å². The van der Waals surface area contributed by atoms with Crippen molar-refractivity contribution in [2.45, 2.75) is 12.5 Å². The third kappa shape index (κ3) is 2.71. The first-order valence-electron chi connectivity index (χ1n) is 6.94. The molecule has 3 rings (SSSR count). The number of ether oxygens (including phenoxy) is 2. The molecule has 2 aromatic carbocycles. The number of hydrogen-bond donors (Lipinski definition) is 1. The molecule has 1 aliphatic heterocycles. The topological polar surface area (TPSA) is 30.5 Å². The first-order chi connectivity index (χ1) is 10.2. The van der Waals surface area contributed by atoms with Gasteiger partial charge in [0.05, 0.1) is 14.2 Å². The Bertz CT molecular complexity index is 657. The van der Waals surface area contributed by atoms with E-state index < -0.39 is 0 Å². The molecule has 0 saturated carbocycles. The second kappa shape index (κ2) is 5.96. The largest absolute Gasteiger partial charge is 0.493 e. The first kappa shape index (κ1) is 14.2. The number of benzene rings is 2. The van der Waals surface area contributed by atoms with Crippen LogP contribution < -0.4 is 14.8 Å². The summed E-state index contributed by atoms with van der Waals surface area (Å²) in [4.78, 5) is 0. The van der Waals surface area contributed by atoms with Gasteiger partial charge in [-0.05, 0) is 41.0 Å². The Hall–Kier alpha value is -1.71. The van der Waals surface area contributed by atoms with Crippen molar-refractivity contribution in [1.82, 2.24) is 5.32 Å². The molecule has 0 saturated heterocycles. The Morgan fingerprint density at radius 1 is 1.05 bits per heavy atom. The SMILES string of the molecule is COc1ccc(C2CNCc3cc(Cl)ccc32)cc1OC. The van der Waals surface area contributed by atoms with E-state index in [9.17, 15) is 0 Å². The van der Waals surface area contributed by atoms with Crippen molar-refractivity contribution in [3.63, 3.8) is 0 Å². The van der Waals surface area contributed by atoms with E-state index in [1.165, 1.54) is 16.7 Å². The zero-order valence-corrected chi connectivity index (χ0v) is 12.9. The monoisotopic (exact) mass is 303 g/mol. The van der Waals surface area contributed by atoms with Gasteiger partial charge in [-0.3, -0.25) is 0 Å². The number of hydrogen-bond acceptors (Lipinski definition) is 3. The number of halogens is 1. The predicted molar refractivity (Wildman–Crippen MR) is 84.5 cm³/mol. The van der Waals surface area contributed by atoms with Crippen molar-refractivity contribution in [3.05, 3.63) is 58.1 Å². The molecule has 1 atom stereocenters. The fraction of sp³-hybridized carbons (Fsp3) is 0.294. The maximum absolute atomic E-state index is 6.09. The molecule has 0 aliphatic carbocycles. The lowest BCUT2D eigenvalue weighted by Gasteiger charge is -2.27. The summed E-state index contributed by atoms with van der Waals surface area (Å²) in [6, 6.07) is 12.2. The summed E-state index contributed by atoms with van der Waals surface area (Å²) >= 11 is 6.09. The van der Waals surface area contributed by atoms with Gasteiger partial charge in [0, 0.05) is 24.0 Å². The molecule has 0 amide bonds. The Morgan fingerprint density at radius 3 is 2.62 bits per heavy atom. The summed E-state index contributed by atoms with van der Waals surface area (Å²) in [6.07, 6.45) is 0. The summed E-state index contributed by atoms with van der Waals surface area (Å²) in [6.45, 7) is 1.77. The van der Waals surface area contributed by atoms with Gasteiger partial charge in [0.1, 0.15) is 0 Å². The van der Waals surface area contributed by atoms with Crippen LogP contribution in [0.4, 0.5) is 0 Å². The molecule has 0 spiro atoms. The van der Waals surface area contributed by atoms with E-state index in [1.807, 2.05) is 18.2 Å². The molecule has 1 N–H and O–H groups in total. The number of nitrogens with one attached hydrogen (secondary N) is 1. The predicted octanol–water partition coefficient (Wildman–Crippen LogP) is 3.59. The van der Waals surface area contributed by atoms with E-state index in [0.717, 1.165) is 29.6 Å². The van der Waals surface area contributed by atoms with Crippen LogP contribution in [0, 0.1) is 0 Å². The van der Waals surface area contributed by atoms with Crippen LogP contribution in [-0.2, 0) is 6.54 Å². The molecule has 21 heavy (non-hydrogen) atoms. The zero-order valence-electron chi connectivity index (χ0n) is 12.2. The molecule has 2 aromatic rings. The van der Waals surface area contributed by atoms with Crippen molar-refractivity contribution in [2.75, 3.05) is 20.8 Å². The van der Waals surface area contributed by atoms with E-state index in [1.54, 1.807) is 14.2 Å². The zero-order chi connectivity index (χ0) is 14.8. The van der Waals surface area contributed by atoms with Crippen LogP contribution in [0.5, 0.6) is 11.5 Å². The minimum Gasteiger partial charge on any atom is -0.493 e. The lowest BCUT2D eigenvalue weighted by atomic mass is 9.85. The Morgan fingerprint density at radius 2 is 1.86 bits per heavy atom. The standard InChI is InChI=1S/C17H18ClNO2/c1-20-16-6-3-11(8-17(16)21-2)15-10-19-9-12-7-13(18)4-5-14(12)15/h3-8,15,19H,9-10H2,1-2H3. The van der Waals surface area contributed by atoms with E-state index in [-0.39, 0.29) is 0 Å². The average Bonchev–Trinajstić information content (AvgIpc) is 2.53. The maximum atomic E-state index is 6.09. The minimum absolute atomic E-state index is 0.297. The Balaban J connectivity index is 2.02. The molecule has 0 fully saturated rings. The quantitative estimate of drug-likeness (QED) is 0.940. The summed E-state index contributed by atoms with van der Waals surface area (Å²) in [5.74, 6) is 1.81. The van der Waals surface area contributed by atoms with Crippen LogP contribution in [0.3, 0.4) is 0 Å². The van der Waals surface area contributed by atoms with Crippen molar-refractivity contribution >= 4 is 11.6 Å². The van der Waals surface area contributed by atoms with Gasteiger partial charge in [-0.15, -0.1) is 0 Å². The summed E-state index contributed by atoms with van der Waals surface area (Å²) in [5, 5.41) is 4.23. The fourth-order valence-electron chi connectivity index (χ4n) is 2.90. The van der Waals surface area contributed by atoms with Gasteiger partial charge in [-0.2, -0.15) is 0 Å². The second-order valence-electron chi connectivity index (χ2n) is 5.14. The highest BCUT2D eigenvalue weighted by molar-refractivity contribution is 6.30. The molecular weight excluding hydrogens is 286 g/mol. The normalized spacial score (nSPS) is 17.2. The van der Waals surface area contributed by atoms with Crippen molar-refractivity contribution in [3.8, 4) is 11.5 Å². The molecule has 1 aliphatic rings. The molecule has 4 heteroatoms. The van der Waals surface area contributed by atoms with Crippen LogP contribution >= 0.6 is 11.6 Å². The van der Waals surface area contributed by atoms with E-state index in [2.05, 4.69) is 23.5 Å². The highest BCUT2D eigenvalue weighted by atomic mass is 35.5. The second-order valence-corrected chi connectivity index (χ2v) is 5.58.